The van der Waals surface area contributed by atoms with E-state index in [0.717, 1.165) is 17.2 Å². The van der Waals surface area contributed by atoms with Gasteiger partial charge in [-0.15, -0.1) is 0 Å². The number of sulfonamides is 1. The summed E-state index contributed by atoms with van der Waals surface area (Å²) in [4.78, 5) is 14.0. The summed E-state index contributed by atoms with van der Waals surface area (Å²) in [6.07, 6.45) is 0.802. The second-order valence-corrected chi connectivity index (χ2v) is 10.4. The van der Waals surface area contributed by atoms with Gasteiger partial charge in [-0.2, -0.15) is 0 Å². The number of hydrogen-bond acceptors (Lipinski definition) is 4. The first-order chi connectivity index (χ1) is 16.0. The van der Waals surface area contributed by atoms with E-state index in [2.05, 4.69) is 0 Å². The van der Waals surface area contributed by atoms with Gasteiger partial charge in [-0.1, -0.05) is 36.4 Å². The molecule has 0 aliphatic carbocycles. The number of amides is 1. The molecule has 2 aliphatic rings. The van der Waals surface area contributed by atoms with E-state index in [9.17, 15) is 30.8 Å². The van der Waals surface area contributed by atoms with Crippen LogP contribution in [0.1, 0.15) is 18.4 Å². The fourth-order valence-electron chi connectivity index (χ4n) is 4.56. The van der Waals surface area contributed by atoms with Crippen LogP contribution >= 0.6 is 0 Å². The Labute approximate surface area is 194 Å². The van der Waals surface area contributed by atoms with E-state index in [4.69, 9.17) is 4.74 Å². The van der Waals surface area contributed by atoms with Crippen molar-refractivity contribution in [3.05, 3.63) is 59.7 Å². The lowest BCUT2D eigenvalue weighted by atomic mass is 9.95. The normalized spacial score (nSPS) is 24.5. The maximum absolute atomic E-state index is 15.0. The summed E-state index contributed by atoms with van der Waals surface area (Å²) < 4.78 is 89.1. The zero-order valence-corrected chi connectivity index (χ0v) is 19.1. The Balaban J connectivity index is 1.69. The van der Waals surface area contributed by atoms with E-state index in [1.54, 1.807) is 18.2 Å². The zero-order valence-electron chi connectivity index (χ0n) is 18.3. The number of alkyl halides is 2. The summed E-state index contributed by atoms with van der Waals surface area (Å²) in [7, 11) is -4.02. The Morgan fingerprint density at radius 1 is 1.21 bits per heavy atom. The molecule has 2 saturated heterocycles. The number of carbonyl (C=O) groups excluding carboxylic acids is 1. The molecule has 0 bridgehead atoms. The van der Waals surface area contributed by atoms with Crippen molar-refractivity contribution in [2.45, 2.75) is 43.4 Å². The van der Waals surface area contributed by atoms with Crippen LogP contribution in [0.25, 0.3) is 11.1 Å². The molecule has 0 radical (unpaired) electrons. The van der Waals surface area contributed by atoms with Crippen molar-refractivity contribution in [1.29, 1.82) is 0 Å². The lowest BCUT2D eigenvalue weighted by Gasteiger charge is -2.29. The van der Waals surface area contributed by atoms with Crippen LogP contribution < -0.4 is 4.72 Å². The minimum atomic E-state index is -4.02. The van der Waals surface area contributed by atoms with Gasteiger partial charge in [0, 0.05) is 12.2 Å². The molecule has 2 aromatic carbocycles. The Kier molecular flexibility index (Phi) is 6.71. The van der Waals surface area contributed by atoms with Gasteiger partial charge in [0.2, 0.25) is 10.0 Å². The predicted molar refractivity (Wildman–Crippen MR) is 117 cm³/mol. The molecule has 11 heteroatoms. The Bertz CT molecular complexity index is 1190. The molecule has 6 nitrogen and oxygen atoms in total. The van der Waals surface area contributed by atoms with E-state index >= 15 is 0 Å². The maximum Gasteiger partial charge on any atom is 0.283 e. The van der Waals surface area contributed by atoms with Crippen LogP contribution in [-0.4, -0.2) is 62.7 Å². The van der Waals surface area contributed by atoms with Crippen LogP contribution in [0.3, 0.4) is 0 Å². The number of nitrogens with zero attached hydrogens (tertiary/aromatic N) is 1. The third-order valence-corrected chi connectivity index (χ3v) is 6.77. The Morgan fingerprint density at radius 2 is 1.94 bits per heavy atom. The largest absolute Gasteiger partial charge is 0.368 e. The van der Waals surface area contributed by atoms with Crippen molar-refractivity contribution in [3.8, 4) is 11.1 Å². The van der Waals surface area contributed by atoms with E-state index in [1.165, 1.54) is 18.2 Å². The molecule has 1 amide bonds. The van der Waals surface area contributed by atoms with Gasteiger partial charge < -0.3 is 9.64 Å². The van der Waals surface area contributed by atoms with Crippen molar-refractivity contribution < 1.29 is 35.5 Å². The summed E-state index contributed by atoms with van der Waals surface area (Å²) in [6, 6.07) is 6.88. The SMILES string of the molecule is CS(=O)(=O)N[C@@H]1[C@H](Cc2cccc(-c3cccc(F)c3F)c2)N(C(=O)[C@H]2CCCO2)CC1(F)F. The fourth-order valence-corrected chi connectivity index (χ4v) is 5.35. The molecular formula is C23H24F4N2O4S. The lowest BCUT2D eigenvalue weighted by Crippen LogP contribution is -2.52. The van der Waals surface area contributed by atoms with Gasteiger partial charge in [-0.25, -0.2) is 30.7 Å². The highest BCUT2D eigenvalue weighted by molar-refractivity contribution is 7.88. The molecule has 2 fully saturated rings. The van der Waals surface area contributed by atoms with E-state index in [-0.39, 0.29) is 12.0 Å². The van der Waals surface area contributed by atoms with Crippen molar-refractivity contribution >= 4 is 15.9 Å². The molecule has 0 spiro atoms. The Hall–Kier alpha value is -2.50. The van der Waals surface area contributed by atoms with Crippen molar-refractivity contribution in [2.24, 2.45) is 0 Å². The van der Waals surface area contributed by atoms with Gasteiger partial charge in [0.1, 0.15) is 12.1 Å². The average molecular weight is 501 g/mol. The van der Waals surface area contributed by atoms with Gasteiger partial charge in [0.25, 0.3) is 11.8 Å². The van der Waals surface area contributed by atoms with Gasteiger partial charge in [0.05, 0.1) is 18.8 Å². The minimum absolute atomic E-state index is 0.00305. The summed E-state index contributed by atoms with van der Waals surface area (Å²) in [5.41, 5.74) is 0.773. The standard InChI is InChI=1S/C23H24F4N2O4S/c1-34(31,32)28-21-18(29(13-23(21,26)27)22(30)19-9-4-10-33-19)12-14-5-2-6-15(11-14)16-7-3-8-17(24)20(16)25/h2-3,5-8,11,18-19,21,28H,4,9-10,12-13H2,1H3/t18-,19+,21+/m0/s1. The number of carbonyl (C=O) groups is 1. The molecule has 2 heterocycles. The summed E-state index contributed by atoms with van der Waals surface area (Å²) in [5, 5.41) is 0. The highest BCUT2D eigenvalue weighted by Gasteiger charge is 2.57. The lowest BCUT2D eigenvalue weighted by molar-refractivity contribution is -0.143. The molecule has 1 N–H and O–H groups in total. The second kappa shape index (κ2) is 9.27. The molecule has 2 aliphatic heterocycles. The summed E-state index contributed by atoms with van der Waals surface area (Å²) in [5.74, 6) is -6.20. The first kappa shape index (κ1) is 24.6. The van der Waals surface area contributed by atoms with Crippen LogP contribution in [0, 0.1) is 11.6 Å². The number of ether oxygens (including phenoxy) is 1. The molecule has 184 valence electrons. The topological polar surface area (TPSA) is 75.7 Å². The minimum Gasteiger partial charge on any atom is -0.368 e. The molecule has 2 aromatic rings. The summed E-state index contributed by atoms with van der Waals surface area (Å²) >= 11 is 0. The molecule has 4 rings (SSSR count). The average Bonchev–Trinajstić information content (AvgIpc) is 3.37. The van der Waals surface area contributed by atoms with E-state index in [0.29, 0.717) is 30.6 Å². The highest BCUT2D eigenvalue weighted by Crippen LogP contribution is 2.36. The molecule has 0 unspecified atom stereocenters. The van der Waals surface area contributed by atoms with Gasteiger partial charge >= 0.3 is 0 Å². The van der Waals surface area contributed by atoms with Gasteiger partial charge in [-0.3, -0.25) is 4.79 Å². The monoisotopic (exact) mass is 500 g/mol. The van der Waals surface area contributed by atoms with Gasteiger partial charge in [-0.05, 0) is 36.5 Å². The zero-order chi connectivity index (χ0) is 24.7. The van der Waals surface area contributed by atoms with Crippen molar-refractivity contribution in [3.63, 3.8) is 0 Å². The number of likely N-dealkylation sites (tertiary alicyclic amines) is 1. The molecule has 0 saturated carbocycles. The van der Waals surface area contributed by atoms with Gasteiger partial charge in [0.15, 0.2) is 11.6 Å². The maximum atomic E-state index is 15.0. The molecule has 0 aromatic heterocycles. The first-order valence-corrected chi connectivity index (χ1v) is 12.7. The second-order valence-electron chi connectivity index (χ2n) is 8.67. The summed E-state index contributed by atoms with van der Waals surface area (Å²) in [6.45, 7) is -0.612. The van der Waals surface area contributed by atoms with E-state index < -0.39 is 58.2 Å². The number of rotatable bonds is 6. The predicted octanol–water partition coefficient (Wildman–Crippen LogP) is 3.12. The molecular weight excluding hydrogens is 476 g/mol. The molecule has 3 atom stereocenters. The highest BCUT2D eigenvalue weighted by atomic mass is 32.2. The third-order valence-electron chi connectivity index (χ3n) is 6.08. The van der Waals surface area contributed by atoms with Crippen LogP contribution in [0.2, 0.25) is 0 Å². The van der Waals surface area contributed by atoms with Crippen molar-refractivity contribution in [2.75, 3.05) is 19.4 Å². The Morgan fingerprint density at radius 3 is 2.62 bits per heavy atom. The van der Waals surface area contributed by atoms with Crippen LogP contribution in [0.5, 0.6) is 0 Å². The number of nitrogens with one attached hydrogen (secondary N) is 1. The molecule has 34 heavy (non-hydrogen) atoms. The quantitative estimate of drug-likeness (QED) is 0.619. The van der Waals surface area contributed by atoms with Crippen LogP contribution in [0.4, 0.5) is 17.6 Å². The first-order valence-electron chi connectivity index (χ1n) is 10.8. The van der Waals surface area contributed by atoms with Crippen LogP contribution in [0.15, 0.2) is 42.5 Å². The third kappa shape index (κ3) is 5.11. The van der Waals surface area contributed by atoms with Crippen molar-refractivity contribution in [1.82, 2.24) is 9.62 Å². The van der Waals surface area contributed by atoms with E-state index in [1.807, 2.05) is 4.72 Å². The number of hydrogen-bond donors (Lipinski definition) is 1. The smallest absolute Gasteiger partial charge is 0.283 e. The van der Waals surface area contributed by atoms with Crippen LogP contribution in [-0.2, 0) is 26.0 Å². The number of halogens is 4. The number of benzene rings is 2. The fraction of sp³-hybridized carbons (Fsp3) is 0.435.